The molecule has 11 heteroatoms. The first kappa shape index (κ1) is 16.4. The van der Waals surface area contributed by atoms with Crippen LogP contribution in [0.2, 0.25) is 0 Å². The summed E-state index contributed by atoms with van der Waals surface area (Å²) in [4.78, 5) is 42.7. The number of aromatic nitrogens is 2. The predicted octanol–water partition coefficient (Wildman–Crippen LogP) is -0.698. The van der Waals surface area contributed by atoms with Crippen LogP contribution in [0.1, 0.15) is 11.8 Å². The molecule has 0 saturated heterocycles. The van der Waals surface area contributed by atoms with Crippen LogP contribution in [0.15, 0.2) is 27.9 Å². The summed E-state index contributed by atoms with van der Waals surface area (Å²) in [6, 6.07) is 1.63. The van der Waals surface area contributed by atoms with Crippen LogP contribution in [-0.2, 0) is 14.0 Å². The maximum atomic E-state index is 11.7. The standard InChI is InChI=1S/C11H12N3O7P/c1-7-4-14(10(16)13-9(7)15)8-2-3-11(5-12,21-8)20-6-22(17,18)19/h2-4,8H,6H2,1H3,(H,13,15,16)(H2,17,18,19)/t8-,11+/m1/s1. The Morgan fingerprint density at radius 2 is 2.27 bits per heavy atom. The van der Waals surface area contributed by atoms with Crippen molar-refractivity contribution >= 4 is 7.60 Å². The summed E-state index contributed by atoms with van der Waals surface area (Å²) in [6.07, 6.45) is 1.62. The van der Waals surface area contributed by atoms with Crippen LogP contribution in [0.5, 0.6) is 0 Å². The molecule has 2 heterocycles. The van der Waals surface area contributed by atoms with Gasteiger partial charge in [-0.25, -0.2) is 4.79 Å². The van der Waals surface area contributed by atoms with Crippen molar-refractivity contribution < 1.29 is 23.8 Å². The van der Waals surface area contributed by atoms with Gasteiger partial charge in [-0.05, 0) is 19.1 Å². The molecule has 22 heavy (non-hydrogen) atoms. The molecule has 0 amide bonds. The van der Waals surface area contributed by atoms with E-state index < -0.39 is 37.2 Å². The van der Waals surface area contributed by atoms with E-state index in [0.29, 0.717) is 0 Å². The van der Waals surface area contributed by atoms with E-state index in [1.165, 1.54) is 19.2 Å². The Kier molecular flexibility index (Phi) is 4.19. The fraction of sp³-hybridized carbons (Fsp3) is 0.364. The highest BCUT2D eigenvalue weighted by molar-refractivity contribution is 7.51. The molecule has 1 aromatic rings. The maximum absolute atomic E-state index is 11.7. The number of hydrogen-bond acceptors (Lipinski definition) is 6. The van der Waals surface area contributed by atoms with Gasteiger partial charge in [0.1, 0.15) is 6.07 Å². The lowest BCUT2D eigenvalue weighted by Gasteiger charge is -2.23. The van der Waals surface area contributed by atoms with Crippen molar-refractivity contribution in [1.29, 1.82) is 5.26 Å². The third-order valence-corrected chi connectivity index (χ3v) is 3.26. The van der Waals surface area contributed by atoms with Crippen LogP contribution in [-0.4, -0.2) is 31.5 Å². The van der Waals surface area contributed by atoms with Gasteiger partial charge in [0.15, 0.2) is 12.6 Å². The summed E-state index contributed by atoms with van der Waals surface area (Å²) < 4.78 is 21.9. The first-order valence-corrected chi connectivity index (χ1v) is 7.74. The molecule has 2 atom stereocenters. The Balaban J connectivity index is 2.26. The number of hydrogen-bond donors (Lipinski definition) is 3. The van der Waals surface area contributed by atoms with Crippen molar-refractivity contribution in [1.82, 2.24) is 9.55 Å². The average molecular weight is 329 g/mol. The van der Waals surface area contributed by atoms with E-state index in [0.717, 1.165) is 10.6 Å². The van der Waals surface area contributed by atoms with E-state index in [4.69, 9.17) is 24.5 Å². The molecule has 0 aromatic carbocycles. The quantitative estimate of drug-likeness (QED) is 0.484. The summed E-state index contributed by atoms with van der Waals surface area (Å²) in [5.74, 6) is -2.02. The monoisotopic (exact) mass is 329 g/mol. The molecule has 10 nitrogen and oxygen atoms in total. The van der Waals surface area contributed by atoms with E-state index in [1.807, 2.05) is 0 Å². The second-order valence-electron chi connectivity index (χ2n) is 4.56. The minimum atomic E-state index is -4.49. The van der Waals surface area contributed by atoms with Gasteiger partial charge in [-0.15, -0.1) is 0 Å². The largest absolute Gasteiger partial charge is 0.351 e. The number of nitrogens with one attached hydrogen (secondary N) is 1. The molecule has 1 aliphatic heterocycles. The first-order valence-electron chi connectivity index (χ1n) is 5.95. The number of aromatic amines is 1. The fourth-order valence-electron chi connectivity index (χ4n) is 1.75. The highest BCUT2D eigenvalue weighted by Crippen LogP contribution is 2.38. The van der Waals surface area contributed by atoms with E-state index in [9.17, 15) is 14.2 Å². The zero-order valence-electron chi connectivity index (χ0n) is 11.3. The molecule has 1 aromatic heterocycles. The molecular formula is C11H12N3O7P. The van der Waals surface area contributed by atoms with E-state index in [1.54, 1.807) is 6.07 Å². The van der Waals surface area contributed by atoms with Crippen molar-refractivity contribution in [2.75, 3.05) is 6.35 Å². The summed E-state index contributed by atoms with van der Waals surface area (Å²) in [7, 11) is -4.49. The second kappa shape index (κ2) is 5.64. The summed E-state index contributed by atoms with van der Waals surface area (Å²) in [5, 5.41) is 9.10. The lowest BCUT2D eigenvalue weighted by molar-refractivity contribution is -0.178. The highest BCUT2D eigenvalue weighted by Gasteiger charge is 2.40. The molecule has 118 valence electrons. The first-order chi connectivity index (χ1) is 10.2. The maximum Gasteiger partial charge on any atom is 0.351 e. The number of H-pyrrole nitrogens is 1. The van der Waals surface area contributed by atoms with Crippen LogP contribution in [0.25, 0.3) is 0 Å². The fourth-order valence-corrected chi connectivity index (χ4v) is 2.11. The topological polar surface area (TPSA) is 155 Å². The molecule has 3 N–H and O–H groups in total. The lowest BCUT2D eigenvalue weighted by atomic mass is 10.3. The van der Waals surface area contributed by atoms with Crippen LogP contribution in [0.3, 0.4) is 0 Å². The van der Waals surface area contributed by atoms with Gasteiger partial charge in [-0.2, -0.15) is 5.26 Å². The summed E-state index contributed by atoms with van der Waals surface area (Å²) in [5.41, 5.74) is -1.05. The zero-order chi connectivity index (χ0) is 16.5. The van der Waals surface area contributed by atoms with E-state index in [-0.39, 0.29) is 5.56 Å². The Morgan fingerprint density at radius 1 is 1.59 bits per heavy atom. The van der Waals surface area contributed by atoms with Crippen molar-refractivity contribution in [3.8, 4) is 6.07 Å². The van der Waals surface area contributed by atoms with Crippen molar-refractivity contribution in [2.24, 2.45) is 0 Å². The molecule has 0 spiro atoms. The third-order valence-electron chi connectivity index (χ3n) is 2.80. The predicted molar refractivity (Wildman–Crippen MR) is 71.7 cm³/mol. The zero-order valence-corrected chi connectivity index (χ0v) is 12.2. The van der Waals surface area contributed by atoms with Crippen molar-refractivity contribution in [3.63, 3.8) is 0 Å². The Hall–Kier alpha value is -2.02. The van der Waals surface area contributed by atoms with Crippen molar-refractivity contribution in [2.45, 2.75) is 18.9 Å². The van der Waals surface area contributed by atoms with Crippen LogP contribution >= 0.6 is 7.60 Å². The number of nitrogens with zero attached hydrogens (tertiary/aromatic N) is 2. The molecular weight excluding hydrogens is 317 g/mol. The molecule has 2 rings (SSSR count). The van der Waals surface area contributed by atoms with Gasteiger partial charge in [0.2, 0.25) is 0 Å². The van der Waals surface area contributed by atoms with Gasteiger partial charge in [-0.3, -0.25) is 18.9 Å². The molecule has 0 unspecified atom stereocenters. The molecule has 1 aliphatic rings. The summed E-state index contributed by atoms with van der Waals surface area (Å²) in [6.45, 7) is 1.48. The van der Waals surface area contributed by atoms with Gasteiger partial charge in [0.25, 0.3) is 11.3 Å². The van der Waals surface area contributed by atoms with Crippen LogP contribution in [0.4, 0.5) is 0 Å². The highest BCUT2D eigenvalue weighted by atomic mass is 31.2. The summed E-state index contributed by atoms with van der Waals surface area (Å²) >= 11 is 0. The van der Waals surface area contributed by atoms with Gasteiger partial charge in [-0.1, -0.05) is 0 Å². The minimum Gasteiger partial charge on any atom is -0.323 e. The van der Waals surface area contributed by atoms with E-state index >= 15 is 0 Å². The SMILES string of the molecule is Cc1cn([C@H]2C=C[C@](C#N)(OCP(=O)(O)O)O2)c(=O)[nH]c1=O. The van der Waals surface area contributed by atoms with Crippen LogP contribution in [0, 0.1) is 18.3 Å². The Bertz CT molecular complexity index is 814. The molecule has 0 aliphatic carbocycles. The lowest BCUT2D eigenvalue weighted by Crippen LogP contribution is -2.36. The Morgan fingerprint density at radius 3 is 2.86 bits per heavy atom. The number of nitriles is 1. The Labute approximate surface area is 123 Å². The average Bonchev–Trinajstić information content (AvgIpc) is 2.85. The van der Waals surface area contributed by atoms with Gasteiger partial charge >= 0.3 is 13.3 Å². The molecule has 0 fully saturated rings. The molecule has 0 bridgehead atoms. The number of ether oxygens (including phenoxy) is 2. The molecule has 0 saturated carbocycles. The van der Waals surface area contributed by atoms with Gasteiger partial charge in [0.05, 0.1) is 0 Å². The minimum absolute atomic E-state index is 0.252. The van der Waals surface area contributed by atoms with Crippen molar-refractivity contribution in [3.05, 3.63) is 44.8 Å². The second-order valence-corrected chi connectivity index (χ2v) is 6.15. The van der Waals surface area contributed by atoms with Gasteiger partial charge < -0.3 is 19.3 Å². The third kappa shape index (κ3) is 3.41. The van der Waals surface area contributed by atoms with E-state index in [2.05, 4.69) is 4.98 Å². The van der Waals surface area contributed by atoms with Crippen LogP contribution < -0.4 is 11.2 Å². The number of aryl methyl sites for hydroxylation is 1. The normalized spacial score (nSPS) is 24.4. The molecule has 0 radical (unpaired) electrons. The van der Waals surface area contributed by atoms with Gasteiger partial charge in [0, 0.05) is 11.8 Å². The smallest absolute Gasteiger partial charge is 0.323 e. The number of rotatable bonds is 4.